The number of nitrogens with zero attached hydrogens (tertiary/aromatic N) is 1. The van der Waals surface area contributed by atoms with E-state index in [1.165, 1.54) is 17.4 Å². The number of thiazole rings is 1. The smallest absolute Gasteiger partial charge is 0.311 e. The molecule has 0 saturated carbocycles. The molecule has 2 aromatic heterocycles. The van der Waals surface area contributed by atoms with Gasteiger partial charge in [0.05, 0.1) is 18.7 Å². The highest BCUT2D eigenvalue weighted by atomic mass is 32.1. The van der Waals surface area contributed by atoms with Gasteiger partial charge in [0.25, 0.3) is 0 Å². The van der Waals surface area contributed by atoms with Gasteiger partial charge >= 0.3 is 5.97 Å². The number of aromatic nitrogens is 1. The van der Waals surface area contributed by atoms with E-state index in [4.69, 9.17) is 9.15 Å². The molecule has 0 radical (unpaired) electrons. The fourth-order valence-electron chi connectivity index (χ4n) is 1.65. The molecule has 1 N–H and O–H groups in total. The van der Waals surface area contributed by atoms with Crippen molar-refractivity contribution in [3.05, 3.63) is 40.8 Å². The predicted octanol–water partition coefficient (Wildman–Crippen LogP) is 2.80. The number of furan rings is 1. The number of rotatable bonds is 6. The second kappa shape index (κ2) is 7.56. The maximum Gasteiger partial charge on any atom is 0.311 e. The fourth-order valence-corrected chi connectivity index (χ4v) is 2.37. The zero-order chi connectivity index (χ0) is 15.9. The van der Waals surface area contributed by atoms with Gasteiger partial charge in [-0.25, -0.2) is 4.98 Å². The summed E-state index contributed by atoms with van der Waals surface area (Å²) in [6.45, 7) is 3.92. The molecule has 0 saturated heterocycles. The number of carbonyl (C=O) groups is 2. The van der Waals surface area contributed by atoms with Crippen LogP contribution in [0.5, 0.6) is 0 Å². The van der Waals surface area contributed by atoms with Gasteiger partial charge in [-0.3, -0.25) is 14.9 Å². The first kappa shape index (κ1) is 16.0. The van der Waals surface area contributed by atoms with Crippen molar-refractivity contribution in [1.29, 1.82) is 0 Å². The summed E-state index contributed by atoms with van der Waals surface area (Å²) in [4.78, 5) is 27.3. The minimum Gasteiger partial charge on any atom is -0.466 e. The molecule has 0 aliphatic rings. The number of anilines is 1. The first-order valence-electron chi connectivity index (χ1n) is 6.72. The van der Waals surface area contributed by atoms with Crippen LogP contribution in [-0.2, 0) is 20.7 Å². The van der Waals surface area contributed by atoms with Gasteiger partial charge in [-0.15, -0.1) is 11.3 Å². The Labute approximate surface area is 131 Å². The molecule has 2 heterocycles. The first-order valence-corrected chi connectivity index (χ1v) is 7.60. The molecule has 1 amide bonds. The van der Waals surface area contributed by atoms with Crippen molar-refractivity contribution < 1.29 is 18.7 Å². The van der Waals surface area contributed by atoms with E-state index in [-0.39, 0.29) is 18.3 Å². The Kier molecular flexibility index (Phi) is 5.48. The van der Waals surface area contributed by atoms with E-state index < -0.39 is 0 Å². The molecule has 0 fully saturated rings. The van der Waals surface area contributed by atoms with Gasteiger partial charge in [0.1, 0.15) is 11.5 Å². The number of hydrogen-bond donors (Lipinski definition) is 1. The van der Waals surface area contributed by atoms with Crippen molar-refractivity contribution in [2.24, 2.45) is 0 Å². The Morgan fingerprint density at radius 2 is 2.27 bits per heavy atom. The third-order valence-electron chi connectivity index (χ3n) is 2.57. The lowest BCUT2D eigenvalue weighted by Gasteiger charge is -1.98. The average Bonchev–Trinajstić information content (AvgIpc) is 3.06. The lowest BCUT2D eigenvalue weighted by Crippen LogP contribution is -2.09. The molecule has 2 rings (SSSR count). The summed E-state index contributed by atoms with van der Waals surface area (Å²) < 4.78 is 10.2. The quantitative estimate of drug-likeness (QED) is 0.654. The van der Waals surface area contributed by atoms with Crippen molar-refractivity contribution in [2.75, 3.05) is 11.9 Å². The van der Waals surface area contributed by atoms with Crippen LogP contribution in [-0.4, -0.2) is 23.5 Å². The molecule has 0 aliphatic heterocycles. The summed E-state index contributed by atoms with van der Waals surface area (Å²) in [5.74, 6) is 0.739. The van der Waals surface area contributed by atoms with E-state index in [0.29, 0.717) is 23.2 Å². The minimum absolute atomic E-state index is 0.0989. The van der Waals surface area contributed by atoms with E-state index in [1.807, 2.05) is 13.0 Å². The van der Waals surface area contributed by atoms with E-state index in [0.717, 1.165) is 5.76 Å². The number of nitrogens with one attached hydrogen (secondary N) is 1. The van der Waals surface area contributed by atoms with Crippen LogP contribution in [0.15, 0.2) is 28.0 Å². The molecule has 22 heavy (non-hydrogen) atoms. The molecule has 6 nitrogen and oxygen atoms in total. The number of ether oxygens (including phenoxy) is 1. The average molecular weight is 320 g/mol. The van der Waals surface area contributed by atoms with Crippen LogP contribution in [0, 0.1) is 6.92 Å². The summed E-state index contributed by atoms with van der Waals surface area (Å²) in [6.07, 6.45) is 3.04. The summed E-state index contributed by atoms with van der Waals surface area (Å²) in [7, 11) is 0. The zero-order valence-corrected chi connectivity index (χ0v) is 13.1. The van der Waals surface area contributed by atoms with Crippen molar-refractivity contribution >= 4 is 34.4 Å². The highest BCUT2D eigenvalue weighted by Crippen LogP contribution is 2.16. The molecule has 116 valence electrons. The fraction of sp³-hybridized carbons (Fsp3) is 0.267. The number of aryl methyl sites for hydroxylation is 1. The van der Waals surface area contributed by atoms with Gasteiger partial charge in [-0.05, 0) is 32.1 Å². The Morgan fingerprint density at radius 1 is 1.45 bits per heavy atom. The number of carbonyl (C=O) groups excluding carboxylic acids is 2. The number of hydrogen-bond acceptors (Lipinski definition) is 6. The van der Waals surface area contributed by atoms with Crippen LogP contribution in [0.2, 0.25) is 0 Å². The van der Waals surface area contributed by atoms with E-state index >= 15 is 0 Å². The topological polar surface area (TPSA) is 81.4 Å². The monoisotopic (exact) mass is 320 g/mol. The third-order valence-corrected chi connectivity index (χ3v) is 3.38. The SMILES string of the molecule is CCOC(=O)Cc1csc(NC(=O)/C=C/c2ccc(C)o2)n1. The summed E-state index contributed by atoms with van der Waals surface area (Å²) in [5, 5.41) is 4.78. The van der Waals surface area contributed by atoms with Gasteiger partial charge in [-0.2, -0.15) is 0 Å². The van der Waals surface area contributed by atoms with Gasteiger partial charge in [-0.1, -0.05) is 0 Å². The Bertz CT molecular complexity index is 687. The first-order chi connectivity index (χ1) is 10.6. The molecule has 0 spiro atoms. The highest BCUT2D eigenvalue weighted by Gasteiger charge is 2.09. The molecular weight excluding hydrogens is 304 g/mol. The second-order valence-corrected chi connectivity index (χ2v) is 5.25. The number of amides is 1. The van der Waals surface area contributed by atoms with Crippen LogP contribution >= 0.6 is 11.3 Å². The maximum atomic E-state index is 11.8. The van der Waals surface area contributed by atoms with Crippen LogP contribution in [0.1, 0.15) is 24.1 Å². The highest BCUT2D eigenvalue weighted by molar-refractivity contribution is 7.14. The van der Waals surface area contributed by atoms with Crippen LogP contribution < -0.4 is 5.32 Å². The normalized spacial score (nSPS) is 10.8. The molecular formula is C15H16N2O4S. The molecule has 2 aromatic rings. The summed E-state index contributed by atoms with van der Waals surface area (Å²) >= 11 is 1.26. The molecule has 7 heteroatoms. The van der Waals surface area contributed by atoms with Crippen molar-refractivity contribution in [3.8, 4) is 0 Å². The Morgan fingerprint density at radius 3 is 2.95 bits per heavy atom. The lowest BCUT2D eigenvalue weighted by atomic mass is 10.3. The zero-order valence-electron chi connectivity index (χ0n) is 12.3. The molecule has 0 atom stereocenters. The van der Waals surface area contributed by atoms with Crippen LogP contribution in [0.4, 0.5) is 5.13 Å². The summed E-state index contributed by atoms with van der Waals surface area (Å²) in [5.41, 5.74) is 0.574. The Balaban J connectivity index is 1.88. The van der Waals surface area contributed by atoms with Gasteiger partial charge in [0.2, 0.25) is 5.91 Å². The van der Waals surface area contributed by atoms with Crippen molar-refractivity contribution in [1.82, 2.24) is 4.98 Å². The molecule has 0 bridgehead atoms. The van der Waals surface area contributed by atoms with Crippen molar-refractivity contribution in [3.63, 3.8) is 0 Å². The summed E-state index contributed by atoms with van der Waals surface area (Å²) in [6, 6.07) is 3.60. The van der Waals surface area contributed by atoms with E-state index in [9.17, 15) is 9.59 Å². The van der Waals surface area contributed by atoms with Crippen LogP contribution in [0.25, 0.3) is 6.08 Å². The number of esters is 1. The lowest BCUT2D eigenvalue weighted by molar-refractivity contribution is -0.142. The third kappa shape index (κ3) is 4.85. The second-order valence-electron chi connectivity index (χ2n) is 4.40. The molecule has 0 aromatic carbocycles. The van der Waals surface area contributed by atoms with Gasteiger partial charge in [0, 0.05) is 11.5 Å². The Hall–Kier alpha value is -2.41. The van der Waals surface area contributed by atoms with Gasteiger partial charge < -0.3 is 9.15 Å². The van der Waals surface area contributed by atoms with Crippen LogP contribution in [0.3, 0.4) is 0 Å². The minimum atomic E-state index is -0.334. The molecule has 0 aliphatic carbocycles. The largest absolute Gasteiger partial charge is 0.466 e. The standard InChI is InChI=1S/C15H16N2O4S/c1-3-20-14(19)8-11-9-22-15(16-11)17-13(18)7-6-12-5-4-10(2)21-12/h4-7,9H,3,8H2,1-2H3,(H,16,17,18)/b7-6+. The van der Waals surface area contributed by atoms with Gasteiger partial charge in [0.15, 0.2) is 5.13 Å². The predicted molar refractivity (Wildman–Crippen MR) is 83.6 cm³/mol. The maximum absolute atomic E-state index is 11.8. The van der Waals surface area contributed by atoms with E-state index in [1.54, 1.807) is 24.4 Å². The molecule has 0 unspecified atom stereocenters. The van der Waals surface area contributed by atoms with Crippen molar-refractivity contribution in [2.45, 2.75) is 20.3 Å². The van der Waals surface area contributed by atoms with E-state index in [2.05, 4.69) is 10.3 Å².